The first kappa shape index (κ1) is 19.4. The molecule has 7 heteroatoms. The van der Waals surface area contributed by atoms with Gasteiger partial charge in [-0.1, -0.05) is 30.3 Å². The van der Waals surface area contributed by atoms with Crippen LogP contribution < -0.4 is 14.8 Å². The van der Waals surface area contributed by atoms with Crippen LogP contribution in [0.25, 0.3) is 11.5 Å². The molecule has 6 nitrogen and oxygen atoms in total. The SMILES string of the molecule is COc1ccc(OC)c(NC(c2ccc(F)cc2)c2nnc(-c3ccccc3)o2)c1. The van der Waals surface area contributed by atoms with Crippen molar-refractivity contribution in [2.45, 2.75) is 6.04 Å². The van der Waals surface area contributed by atoms with Gasteiger partial charge in [0.2, 0.25) is 11.8 Å². The summed E-state index contributed by atoms with van der Waals surface area (Å²) in [6, 6.07) is 20.5. The highest BCUT2D eigenvalue weighted by Gasteiger charge is 2.23. The molecule has 0 amide bonds. The summed E-state index contributed by atoms with van der Waals surface area (Å²) in [5.74, 6) is 1.69. The van der Waals surface area contributed by atoms with Crippen LogP contribution in [-0.4, -0.2) is 24.4 Å². The smallest absolute Gasteiger partial charge is 0.247 e. The summed E-state index contributed by atoms with van der Waals surface area (Å²) in [4.78, 5) is 0. The van der Waals surface area contributed by atoms with E-state index in [1.54, 1.807) is 38.5 Å². The first-order valence-corrected chi connectivity index (χ1v) is 9.31. The molecule has 0 aliphatic rings. The highest BCUT2D eigenvalue weighted by molar-refractivity contribution is 5.61. The molecule has 1 unspecified atom stereocenters. The second-order valence-corrected chi connectivity index (χ2v) is 6.51. The highest BCUT2D eigenvalue weighted by Crippen LogP contribution is 2.35. The lowest BCUT2D eigenvalue weighted by Crippen LogP contribution is -2.14. The van der Waals surface area contributed by atoms with Crippen LogP contribution in [0.15, 0.2) is 77.2 Å². The van der Waals surface area contributed by atoms with Gasteiger partial charge in [-0.15, -0.1) is 10.2 Å². The number of hydrogen-bond acceptors (Lipinski definition) is 6. The summed E-state index contributed by atoms with van der Waals surface area (Å²) in [5, 5.41) is 11.8. The number of methoxy groups -OCH3 is 2. The van der Waals surface area contributed by atoms with Gasteiger partial charge < -0.3 is 19.2 Å². The second kappa shape index (κ2) is 8.65. The van der Waals surface area contributed by atoms with Crippen LogP contribution in [-0.2, 0) is 0 Å². The molecular weight excluding hydrogens is 385 g/mol. The lowest BCUT2D eigenvalue weighted by atomic mass is 10.1. The van der Waals surface area contributed by atoms with Gasteiger partial charge in [-0.05, 0) is 42.0 Å². The van der Waals surface area contributed by atoms with Crippen LogP contribution >= 0.6 is 0 Å². The van der Waals surface area contributed by atoms with Gasteiger partial charge in [-0.3, -0.25) is 0 Å². The predicted molar refractivity (Wildman–Crippen MR) is 111 cm³/mol. The van der Waals surface area contributed by atoms with E-state index in [4.69, 9.17) is 13.9 Å². The molecule has 0 saturated carbocycles. The first-order valence-electron chi connectivity index (χ1n) is 9.31. The van der Waals surface area contributed by atoms with E-state index in [1.807, 2.05) is 36.4 Å². The fraction of sp³-hybridized carbons (Fsp3) is 0.130. The summed E-state index contributed by atoms with van der Waals surface area (Å²) in [5.41, 5.74) is 2.24. The zero-order valence-corrected chi connectivity index (χ0v) is 16.5. The largest absolute Gasteiger partial charge is 0.497 e. The molecule has 4 rings (SSSR count). The van der Waals surface area contributed by atoms with E-state index in [2.05, 4.69) is 15.5 Å². The monoisotopic (exact) mass is 405 g/mol. The fourth-order valence-corrected chi connectivity index (χ4v) is 3.07. The van der Waals surface area contributed by atoms with Crippen molar-refractivity contribution in [3.63, 3.8) is 0 Å². The van der Waals surface area contributed by atoms with Crippen molar-refractivity contribution in [2.75, 3.05) is 19.5 Å². The molecule has 0 bridgehead atoms. The minimum atomic E-state index is -0.531. The van der Waals surface area contributed by atoms with Gasteiger partial charge in [-0.2, -0.15) is 0 Å². The number of aromatic nitrogens is 2. The maximum atomic E-state index is 13.5. The van der Waals surface area contributed by atoms with Crippen molar-refractivity contribution in [3.8, 4) is 23.0 Å². The third-order valence-electron chi connectivity index (χ3n) is 4.62. The van der Waals surface area contributed by atoms with Crippen molar-refractivity contribution in [2.24, 2.45) is 0 Å². The molecule has 1 N–H and O–H groups in total. The van der Waals surface area contributed by atoms with E-state index < -0.39 is 6.04 Å². The number of anilines is 1. The third-order valence-corrected chi connectivity index (χ3v) is 4.62. The summed E-state index contributed by atoms with van der Waals surface area (Å²) in [6.45, 7) is 0. The molecule has 30 heavy (non-hydrogen) atoms. The summed E-state index contributed by atoms with van der Waals surface area (Å²) < 4.78 is 30.3. The Morgan fingerprint density at radius 3 is 2.37 bits per heavy atom. The number of ether oxygens (including phenoxy) is 2. The van der Waals surface area contributed by atoms with Gasteiger partial charge in [0, 0.05) is 11.6 Å². The predicted octanol–water partition coefficient (Wildman–Crippen LogP) is 5.09. The molecule has 0 fully saturated rings. The molecule has 1 heterocycles. The van der Waals surface area contributed by atoms with Gasteiger partial charge in [0.05, 0.1) is 19.9 Å². The van der Waals surface area contributed by atoms with Gasteiger partial charge in [0.15, 0.2) is 0 Å². The van der Waals surface area contributed by atoms with Gasteiger partial charge in [0.1, 0.15) is 23.4 Å². The third kappa shape index (κ3) is 4.10. The number of hydrogen-bond donors (Lipinski definition) is 1. The average molecular weight is 405 g/mol. The van der Waals surface area contributed by atoms with E-state index in [9.17, 15) is 4.39 Å². The number of halogens is 1. The van der Waals surface area contributed by atoms with Crippen LogP contribution in [0, 0.1) is 5.82 Å². The standard InChI is InChI=1S/C23H20FN3O3/c1-28-18-12-13-20(29-2)19(14-18)25-21(15-8-10-17(24)11-9-15)23-27-26-22(30-23)16-6-4-3-5-7-16/h3-14,21,25H,1-2H3. The number of benzene rings is 3. The maximum Gasteiger partial charge on any atom is 0.247 e. The normalized spacial score (nSPS) is 11.7. The van der Waals surface area contributed by atoms with E-state index in [0.717, 1.165) is 11.1 Å². The number of nitrogens with zero attached hydrogens (tertiary/aromatic N) is 2. The maximum absolute atomic E-state index is 13.5. The van der Waals surface area contributed by atoms with E-state index in [0.29, 0.717) is 29.0 Å². The van der Waals surface area contributed by atoms with Crippen LogP contribution in [0.5, 0.6) is 11.5 Å². The Kier molecular flexibility index (Phi) is 5.61. The Hall–Kier alpha value is -3.87. The molecule has 0 aliphatic heterocycles. The summed E-state index contributed by atoms with van der Waals surface area (Å²) in [6.07, 6.45) is 0. The first-order chi connectivity index (χ1) is 14.7. The van der Waals surface area contributed by atoms with E-state index in [1.165, 1.54) is 12.1 Å². The van der Waals surface area contributed by atoms with Crippen LogP contribution in [0.4, 0.5) is 10.1 Å². The quantitative estimate of drug-likeness (QED) is 0.462. The molecular formula is C23H20FN3O3. The van der Waals surface area contributed by atoms with Crippen LogP contribution in [0.3, 0.4) is 0 Å². The van der Waals surface area contributed by atoms with E-state index >= 15 is 0 Å². The summed E-state index contributed by atoms with van der Waals surface area (Å²) >= 11 is 0. The van der Waals surface area contributed by atoms with Crippen LogP contribution in [0.1, 0.15) is 17.5 Å². The fourth-order valence-electron chi connectivity index (χ4n) is 3.07. The topological polar surface area (TPSA) is 69.4 Å². The van der Waals surface area contributed by atoms with Crippen molar-refractivity contribution >= 4 is 5.69 Å². The summed E-state index contributed by atoms with van der Waals surface area (Å²) in [7, 11) is 3.17. The number of rotatable bonds is 7. The molecule has 0 spiro atoms. The van der Waals surface area contributed by atoms with Gasteiger partial charge in [-0.25, -0.2) is 4.39 Å². The molecule has 1 aromatic heterocycles. The van der Waals surface area contributed by atoms with E-state index in [-0.39, 0.29) is 5.82 Å². The van der Waals surface area contributed by atoms with Gasteiger partial charge in [0.25, 0.3) is 0 Å². The molecule has 0 aliphatic carbocycles. The van der Waals surface area contributed by atoms with Crippen LogP contribution in [0.2, 0.25) is 0 Å². The van der Waals surface area contributed by atoms with Crippen molar-refractivity contribution in [1.82, 2.24) is 10.2 Å². The lowest BCUT2D eigenvalue weighted by Gasteiger charge is -2.19. The zero-order valence-electron chi connectivity index (χ0n) is 16.5. The second-order valence-electron chi connectivity index (χ2n) is 6.51. The number of nitrogens with one attached hydrogen (secondary N) is 1. The molecule has 152 valence electrons. The minimum Gasteiger partial charge on any atom is -0.497 e. The lowest BCUT2D eigenvalue weighted by molar-refractivity contribution is 0.404. The molecule has 3 aromatic carbocycles. The Balaban J connectivity index is 1.75. The van der Waals surface area contributed by atoms with Crippen molar-refractivity contribution in [3.05, 3.63) is 90.1 Å². The molecule has 4 aromatic rings. The molecule has 0 radical (unpaired) electrons. The van der Waals surface area contributed by atoms with Crippen molar-refractivity contribution in [1.29, 1.82) is 0 Å². The molecule has 0 saturated heterocycles. The average Bonchev–Trinajstić information content (AvgIpc) is 3.28. The highest BCUT2D eigenvalue weighted by atomic mass is 19.1. The van der Waals surface area contributed by atoms with Gasteiger partial charge >= 0.3 is 0 Å². The Labute approximate surface area is 173 Å². The Bertz CT molecular complexity index is 1110. The zero-order chi connectivity index (χ0) is 20.9. The van der Waals surface area contributed by atoms with Crippen molar-refractivity contribution < 1.29 is 18.3 Å². The molecule has 1 atom stereocenters. The minimum absolute atomic E-state index is 0.327. The Morgan fingerprint density at radius 1 is 0.900 bits per heavy atom. The Morgan fingerprint density at radius 2 is 1.67 bits per heavy atom.